The van der Waals surface area contributed by atoms with E-state index >= 15 is 0 Å². The molecule has 1 aliphatic carbocycles. The Hall–Kier alpha value is -1.39. The molecule has 0 saturated heterocycles. The maximum absolute atomic E-state index is 12.4. The summed E-state index contributed by atoms with van der Waals surface area (Å²) in [5, 5.41) is 8.97. The summed E-state index contributed by atoms with van der Waals surface area (Å²) in [4.78, 5) is 16.5. The van der Waals surface area contributed by atoms with Crippen LogP contribution in [-0.4, -0.2) is 38.4 Å². The summed E-state index contributed by atoms with van der Waals surface area (Å²) >= 11 is 6.96. The molecule has 1 saturated carbocycles. The van der Waals surface area contributed by atoms with E-state index < -0.39 is 10.0 Å². The number of hydrogen-bond acceptors (Lipinski definition) is 6. The Morgan fingerprint density at radius 2 is 1.71 bits per heavy atom. The average Bonchev–Trinajstić information content (AvgIpc) is 3.22. The number of halogens is 2. The van der Waals surface area contributed by atoms with Crippen molar-refractivity contribution in [2.45, 2.75) is 75.1 Å². The molecule has 0 unspecified atom stereocenters. The molecule has 1 aromatic carbocycles. The topological polar surface area (TPSA) is 100 Å². The van der Waals surface area contributed by atoms with Crippen molar-refractivity contribution in [2.24, 2.45) is 0 Å². The van der Waals surface area contributed by atoms with Crippen molar-refractivity contribution < 1.29 is 13.2 Å². The van der Waals surface area contributed by atoms with Gasteiger partial charge < -0.3 is 10.6 Å². The minimum Gasteiger partial charge on any atom is -0.356 e. The average molecular weight is 550 g/mol. The SMILES string of the molecule is Cl.O=C(Cc1csc(NS(=O)(=O)c2ccc(Cl)cc2)n1)NCCCCCCNC1CCCCC1. The molecule has 190 valence electrons. The first-order valence-corrected chi connectivity index (χ1v) is 14.4. The summed E-state index contributed by atoms with van der Waals surface area (Å²) < 4.78 is 27.3. The first-order valence-electron chi connectivity index (χ1n) is 11.7. The molecule has 1 amide bonds. The van der Waals surface area contributed by atoms with Gasteiger partial charge in [-0.15, -0.1) is 23.7 Å². The Morgan fingerprint density at radius 3 is 2.41 bits per heavy atom. The molecule has 0 atom stereocenters. The number of carbonyl (C=O) groups excluding carboxylic acids is 1. The predicted octanol–water partition coefficient (Wildman–Crippen LogP) is 5.16. The molecule has 0 radical (unpaired) electrons. The lowest BCUT2D eigenvalue weighted by Crippen LogP contribution is -2.31. The van der Waals surface area contributed by atoms with Crippen LogP contribution >= 0.6 is 35.3 Å². The van der Waals surface area contributed by atoms with Gasteiger partial charge >= 0.3 is 0 Å². The molecule has 1 aliphatic rings. The van der Waals surface area contributed by atoms with E-state index in [1.165, 1.54) is 69.2 Å². The zero-order chi connectivity index (χ0) is 23.5. The van der Waals surface area contributed by atoms with Gasteiger partial charge in [-0.2, -0.15) is 0 Å². The summed E-state index contributed by atoms with van der Waals surface area (Å²) in [5.41, 5.74) is 0.542. The van der Waals surface area contributed by atoms with Gasteiger partial charge in [0.25, 0.3) is 10.0 Å². The lowest BCUT2D eigenvalue weighted by molar-refractivity contribution is -0.120. The summed E-state index contributed by atoms with van der Waals surface area (Å²) in [6, 6.07) is 6.61. The maximum Gasteiger partial charge on any atom is 0.263 e. The highest BCUT2D eigenvalue weighted by atomic mass is 35.5. The number of amides is 1. The number of thiazole rings is 1. The van der Waals surface area contributed by atoms with Gasteiger partial charge in [-0.3, -0.25) is 9.52 Å². The molecule has 3 rings (SSSR count). The minimum absolute atomic E-state index is 0. The largest absolute Gasteiger partial charge is 0.356 e. The van der Waals surface area contributed by atoms with E-state index in [0.29, 0.717) is 17.3 Å². The first kappa shape index (κ1) is 28.8. The third-order valence-corrected chi connectivity index (χ3v) is 8.25. The van der Waals surface area contributed by atoms with Gasteiger partial charge in [-0.1, -0.05) is 43.7 Å². The molecule has 7 nitrogen and oxygen atoms in total. The molecular formula is C23H34Cl2N4O3S2. The summed E-state index contributed by atoms with van der Waals surface area (Å²) in [6.45, 7) is 1.74. The maximum atomic E-state index is 12.4. The van der Waals surface area contributed by atoms with Crippen molar-refractivity contribution in [3.8, 4) is 0 Å². The van der Waals surface area contributed by atoms with Crippen molar-refractivity contribution in [1.82, 2.24) is 15.6 Å². The Morgan fingerprint density at radius 1 is 1.03 bits per heavy atom. The standard InChI is InChI=1S/C23H33ClN4O3S2.ClH/c24-18-10-12-21(13-11-18)33(30,31)28-23-27-20(17-32-23)16-22(29)26-15-7-2-1-6-14-25-19-8-4-3-5-9-19;/h10-13,17,19,25H,1-9,14-16H2,(H,26,29)(H,27,28);1H. The van der Waals surface area contributed by atoms with Gasteiger partial charge in [0.1, 0.15) is 0 Å². The van der Waals surface area contributed by atoms with Crippen LogP contribution in [0.2, 0.25) is 5.02 Å². The van der Waals surface area contributed by atoms with Crippen LogP contribution in [0, 0.1) is 0 Å². The number of aromatic nitrogens is 1. The number of carbonyl (C=O) groups is 1. The number of benzene rings is 1. The minimum atomic E-state index is -3.74. The molecule has 0 spiro atoms. The Balaban J connectivity index is 0.00000408. The van der Waals surface area contributed by atoms with Crippen LogP contribution < -0.4 is 15.4 Å². The van der Waals surface area contributed by atoms with E-state index in [9.17, 15) is 13.2 Å². The number of nitrogens with zero attached hydrogens (tertiary/aromatic N) is 1. The second-order valence-electron chi connectivity index (χ2n) is 8.43. The fourth-order valence-electron chi connectivity index (χ4n) is 3.89. The molecular weight excluding hydrogens is 515 g/mol. The van der Waals surface area contributed by atoms with Crippen LogP contribution in [0.1, 0.15) is 63.5 Å². The highest BCUT2D eigenvalue weighted by Gasteiger charge is 2.17. The molecule has 1 heterocycles. The van der Waals surface area contributed by atoms with E-state index in [1.54, 1.807) is 5.38 Å². The van der Waals surface area contributed by atoms with E-state index in [1.807, 2.05) is 0 Å². The van der Waals surface area contributed by atoms with Crippen molar-refractivity contribution in [1.29, 1.82) is 0 Å². The molecule has 2 aromatic rings. The smallest absolute Gasteiger partial charge is 0.263 e. The second-order valence-corrected chi connectivity index (χ2v) is 11.4. The zero-order valence-electron chi connectivity index (χ0n) is 19.2. The van der Waals surface area contributed by atoms with E-state index in [2.05, 4.69) is 20.3 Å². The van der Waals surface area contributed by atoms with Crippen molar-refractivity contribution in [3.63, 3.8) is 0 Å². The number of unbranched alkanes of at least 4 members (excludes halogenated alkanes) is 3. The van der Waals surface area contributed by atoms with Crippen LogP contribution in [0.4, 0.5) is 5.13 Å². The number of anilines is 1. The van der Waals surface area contributed by atoms with Crippen LogP contribution in [0.15, 0.2) is 34.5 Å². The number of nitrogens with one attached hydrogen (secondary N) is 3. The molecule has 34 heavy (non-hydrogen) atoms. The van der Waals surface area contributed by atoms with Gasteiger partial charge in [0.15, 0.2) is 5.13 Å². The summed E-state index contributed by atoms with van der Waals surface area (Å²) in [6.07, 6.45) is 11.3. The lowest BCUT2D eigenvalue weighted by Gasteiger charge is -2.22. The Labute approximate surface area is 217 Å². The van der Waals surface area contributed by atoms with E-state index in [0.717, 1.165) is 36.8 Å². The van der Waals surface area contributed by atoms with E-state index in [4.69, 9.17) is 11.6 Å². The highest BCUT2D eigenvalue weighted by Crippen LogP contribution is 2.21. The molecule has 11 heteroatoms. The van der Waals surface area contributed by atoms with Crippen LogP contribution in [-0.2, 0) is 21.2 Å². The number of rotatable bonds is 13. The molecule has 1 fully saturated rings. The predicted molar refractivity (Wildman–Crippen MR) is 142 cm³/mol. The van der Waals surface area contributed by atoms with Crippen molar-refractivity contribution in [3.05, 3.63) is 40.4 Å². The fourth-order valence-corrected chi connectivity index (χ4v) is 5.98. The molecule has 0 bridgehead atoms. The highest BCUT2D eigenvalue weighted by molar-refractivity contribution is 7.93. The molecule has 3 N–H and O–H groups in total. The van der Waals surface area contributed by atoms with Crippen molar-refractivity contribution in [2.75, 3.05) is 17.8 Å². The molecule has 1 aromatic heterocycles. The van der Waals surface area contributed by atoms with Crippen LogP contribution in [0.25, 0.3) is 0 Å². The summed E-state index contributed by atoms with van der Waals surface area (Å²) in [5.74, 6) is -0.105. The monoisotopic (exact) mass is 548 g/mol. The lowest BCUT2D eigenvalue weighted by atomic mass is 9.95. The fraction of sp³-hybridized carbons (Fsp3) is 0.565. The van der Waals surface area contributed by atoms with Gasteiger partial charge in [-0.25, -0.2) is 13.4 Å². The third-order valence-electron chi connectivity index (χ3n) is 5.70. The number of sulfonamides is 1. The van der Waals surface area contributed by atoms with Gasteiger partial charge in [0.05, 0.1) is 17.0 Å². The summed E-state index contributed by atoms with van der Waals surface area (Å²) in [7, 11) is -3.74. The Bertz CT molecular complexity index is 978. The van der Waals surface area contributed by atoms with Gasteiger partial charge in [0, 0.05) is 23.0 Å². The first-order chi connectivity index (χ1) is 15.9. The van der Waals surface area contributed by atoms with Gasteiger partial charge in [-0.05, 0) is 56.5 Å². The third kappa shape index (κ3) is 10.1. The quantitative estimate of drug-likeness (QED) is 0.300. The number of hydrogen-bond donors (Lipinski definition) is 3. The van der Waals surface area contributed by atoms with Crippen LogP contribution in [0.3, 0.4) is 0 Å². The Kier molecular flexibility index (Phi) is 12.6. The van der Waals surface area contributed by atoms with Crippen LogP contribution in [0.5, 0.6) is 0 Å². The van der Waals surface area contributed by atoms with Gasteiger partial charge in [0.2, 0.25) is 5.91 Å². The second kappa shape index (κ2) is 14.9. The normalized spacial score (nSPS) is 14.4. The van der Waals surface area contributed by atoms with Crippen molar-refractivity contribution >= 4 is 56.4 Å². The molecule has 0 aliphatic heterocycles. The van der Waals surface area contributed by atoms with E-state index in [-0.39, 0.29) is 34.8 Å². The zero-order valence-corrected chi connectivity index (χ0v) is 22.4.